The number of carbonyl (C=O) groups is 1. The minimum atomic E-state index is 0.115. The second-order valence-corrected chi connectivity index (χ2v) is 4.98. The van der Waals surface area contributed by atoms with Gasteiger partial charge in [-0.15, -0.1) is 0 Å². The number of hydrogen-bond acceptors (Lipinski definition) is 2. The summed E-state index contributed by atoms with van der Waals surface area (Å²) in [5, 5.41) is 2.90. The molecule has 2 rings (SSSR count). The number of nitrogens with one attached hydrogen (secondary N) is 1. The molecule has 1 aromatic rings. The second kappa shape index (κ2) is 6.98. The van der Waals surface area contributed by atoms with Crippen molar-refractivity contribution in [2.45, 2.75) is 26.2 Å². The summed E-state index contributed by atoms with van der Waals surface area (Å²) < 4.78 is 5.58. The van der Waals surface area contributed by atoms with Gasteiger partial charge in [-0.25, -0.2) is 0 Å². The van der Waals surface area contributed by atoms with Crippen LogP contribution in [0.5, 0.6) is 5.75 Å². The van der Waals surface area contributed by atoms with Gasteiger partial charge in [-0.2, -0.15) is 0 Å². The third kappa shape index (κ3) is 4.78. The molecule has 1 N–H and O–H groups in total. The predicted molar refractivity (Wildman–Crippen MR) is 76.2 cm³/mol. The van der Waals surface area contributed by atoms with Crippen molar-refractivity contribution in [1.29, 1.82) is 0 Å². The fourth-order valence-corrected chi connectivity index (χ4v) is 2.24. The molecular formula is C16H21NO2. The zero-order valence-corrected chi connectivity index (χ0v) is 11.4. The maximum atomic E-state index is 11.7. The van der Waals surface area contributed by atoms with E-state index in [1.807, 2.05) is 31.2 Å². The van der Waals surface area contributed by atoms with Crippen molar-refractivity contribution in [1.82, 2.24) is 5.32 Å². The Morgan fingerprint density at radius 2 is 2.37 bits per heavy atom. The van der Waals surface area contributed by atoms with Crippen LogP contribution in [0.4, 0.5) is 0 Å². The van der Waals surface area contributed by atoms with Gasteiger partial charge < -0.3 is 10.1 Å². The quantitative estimate of drug-likeness (QED) is 0.630. The smallest absolute Gasteiger partial charge is 0.220 e. The Bertz CT molecular complexity index is 454. The lowest BCUT2D eigenvalue weighted by molar-refractivity contribution is -0.121. The summed E-state index contributed by atoms with van der Waals surface area (Å²) in [7, 11) is 0. The van der Waals surface area contributed by atoms with Crippen LogP contribution in [0.1, 0.15) is 24.8 Å². The first kappa shape index (κ1) is 13.7. The second-order valence-electron chi connectivity index (χ2n) is 4.98. The summed E-state index contributed by atoms with van der Waals surface area (Å²) in [6.07, 6.45) is 7.10. The highest BCUT2D eigenvalue weighted by molar-refractivity contribution is 5.76. The molecule has 0 aliphatic heterocycles. The van der Waals surface area contributed by atoms with Gasteiger partial charge in [0.2, 0.25) is 5.91 Å². The highest BCUT2D eigenvalue weighted by atomic mass is 16.5. The molecule has 19 heavy (non-hydrogen) atoms. The maximum Gasteiger partial charge on any atom is 0.220 e. The van der Waals surface area contributed by atoms with Crippen molar-refractivity contribution in [3.05, 3.63) is 42.0 Å². The molecule has 0 saturated carbocycles. The maximum absolute atomic E-state index is 11.7. The van der Waals surface area contributed by atoms with E-state index in [0.717, 1.165) is 18.6 Å². The van der Waals surface area contributed by atoms with Crippen molar-refractivity contribution < 1.29 is 9.53 Å². The Labute approximate surface area is 114 Å². The van der Waals surface area contributed by atoms with Crippen LogP contribution in [-0.4, -0.2) is 19.1 Å². The monoisotopic (exact) mass is 259 g/mol. The number of ether oxygens (including phenoxy) is 1. The number of amides is 1. The molecular weight excluding hydrogens is 238 g/mol. The molecule has 3 heteroatoms. The van der Waals surface area contributed by atoms with Gasteiger partial charge in [-0.3, -0.25) is 4.79 Å². The molecule has 1 amide bonds. The lowest BCUT2D eigenvalue weighted by Gasteiger charge is -2.10. The standard InChI is InChI=1S/C16H21NO2/c1-13-5-4-8-15(11-13)19-10-9-17-16(18)12-14-6-2-3-7-14/h2,4-6,8,11,14H,3,7,9-10,12H2,1H3,(H,17,18). The van der Waals surface area contributed by atoms with Gasteiger partial charge in [0.05, 0.1) is 6.54 Å². The van der Waals surface area contributed by atoms with Crippen LogP contribution in [0, 0.1) is 12.8 Å². The molecule has 0 radical (unpaired) electrons. The van der Waals surface area contributed by atoms with E-state index in [1.54, 1.807) is 0 Å². The Kier molecular flexibility index (Phi) is 5.01. The van der Waals surface area contributed by atoms with Crippen molar-refractivity contribution in [2.75, 3.05) is 13.2 Å². The zero-order chi connectivity index (χ0) is 13.5. The first-order valence-electron chi connectivity index (χ1n) is 6.87. The number of benzene rings is 1. The van der Waals surface area contributed by atoms with Crippen LogP contribution >= 0.6 is 0 Å². The van der Waals surface area contributed by atoms with Crippen LogP contribution in [-0.2, 0) is 4.79 Å². The van der Waals surface area contributed by atoms with Crippen LogP contribution in [0.3, 0.4) is 0 Å². The van der Waals surface area contributed by atoms with Crippen molar-refractivity contribution >= 4 is 5.91 Å². The summed E-state index contributed by atoms with van der Waals surface area (Å²) in [6, 6.07) is 7.92. The number of hydrogen-bond donors (Lipinski definition) is 1. The topological polar surface area (TPSA) is 38.3 Å². The van der Waals surface area contributed by atoms with Crippen molar-refractivity contribution in [3.8, 4) is 5.75 Å². The van der Waals surface area contributed by atoms with E-state index in [4.69, 9.17) is 4.74 Å². The van der Waals surface area contributed by atoms with E-state index in [1.165, 1.54) is 5.56 Å². The lowest BCUT2D eigenvalue weighted by atomic mass is 10.1. The molecule has 0 saturated heterocycles. The summed E-state index contributed by atoms with van der Waals surface area (Å²) in [5.74, 6) is 1.40. The minimum Gasteiger partial charge on any atom is -0.492 e. The Morgan fingerprint density at radius 3 is 3.11 bits per heavy atom. The summed E-state index contributed by atoms with van der Waals surface area (Å²) in [5.41, 5.74) is 1.18. The van der Waals surface area contributed by atoms with Crippen LogP contribution in [0.2, 0.25) is 0 Å². The SMILES string of the molecule is Cc1cccc(OCCNC(=O)CC2C=CCC2)c1. The molecule has 0 heterocycles. The number of aryl methyl sites for hydroxylation is 1. The molecule has 3 nitrogen and oxygen atoms in total. The van der Waals surface area contributed by atoms with Gasteiger partial charge in [0.1, 0.15) is 12.4 Å². The summed E-state index contributed by atoms with van der Waals surface area (Å²) in [6.45, 7) is 3.10. The van der Waals surface area contributed by atoms with E-state index >= 15 is 0 Å². The van der Waals surface area contributed by atoms with Gasteiger partial charge in [0.25, 0.3) is 0 Å². The number of carbonyl (C=O) groups excluding carboxylic acids is 1. The fraction of sp³-hybridized carbons (Fsp3) is 0.438. The Balaban J connectivity index is 1.61. The molecule has 1 unspecified atom stereocenters. The Morgan fingerprint density at radius 1 is 1.47 bits per heavy atom. The van der Waals surface area contributed by atoms with E-state index in [2.05, 4.69) is 17.5 Å². The fourth-order valence-electron chi connectivity index (χ4n) is 2.24. The average molecular weight is 259 g/mol. The van der Waals surface area contributed by atoms with Gasteiger partial charge in [-0.1, -0.05) is 24.3 Å². The first-order valence-corrected chi connectivity index (χ1v) is 6.87. The highest BCUT2D eigenvalue weighted by Crippen LogP contribution is 2.19. The van der Waals surface area contributed by atoms with Gasteiger partial charge in [0.15, 0.2) is 0 Å². The molecule has 0 aromatic heterocycles. The summed E-state index contributed by atoms with van der Waals surface area (Å²) >= 11 is 0. The van der Waals surface area contributed by atoms with Crippen LogP contribution in [0.25, 0.3) is 0 Å². The molecule has 1 atom stereocenters. The van der Waals surface area contributed by atoms with Crippen LogP contribution < -0.4 is 10.1 Å². The minimum absolute atomic E-state index is 0.115. The van der Waals surface area contributed by atoms with Gasteiger partial charge in [0, 0.05) is 6.42 Å². The van der Waals surface area contributed by atoms with Crippen LogP contribution in [0.15, 0.2) is 36.4 Å². The van der Waals surface area contributed by atoms with E-state index < -0.39 is 0 Å². The lowest BCUT2D eigenvalue weighted by Crippen LogP contribution is -2.29. The molecule has 0 spiro atoms. The van der Waals surface area contributed by atoms with Crippen molar-refractivity contribution in [3.63, 3.8) is 0 Å². The van der Waals surface area contributed by atoms with E-state index in [9.17, 15) is 4.79 Å². The van der Waals surface area contributed by atoms with E-state index in [0.29, 0.717) is 25.5 Å². The molecule has 102 valence electrons. The average Bonchev–Trinajstić information content (AvgIpc) is 2.87. The predicted octanol–water partition coefficient (Wildman–Crippen LogP) is 2.85. The molecule has 0 fully saturated rings. The largest absolute Gasteiger partial charge is 0.492 e. The summed E-state index contributed by atoms with van der Waals surface area (Å²) in [4.78, 5) is 11.7. The highest BCUT2D eigenvalue weighted by Gasteiger charge is 2.13. The van der Waals surface area contributed by atoms with Gasteiger partial charge >= 0.3 is 0 Å². The molecule has 0 bridgehead atoms. The molecule has 1 aliphatic carbocycles. The third-order valence-corrected chi connectivity index (χ3v) is 3.24. The molecule has 1 aliphatic rings. The first-order chi connectivity index (χ1) is 9.24. The van der Waals surface area contributed by atoms with Crippen molar-refractivity contribution in [2.24, 2.45) is 5.92 Å². The Hall–Kier alpha value is -1.77. The molecule has 1 aromatic carbocycles. The normalized spacial score (nSPS) is 17.4. The van der Waals surface area contributed by atoms with Gasteiger partial charge in [-0.05, 0) is 43.4 Å². The van der Waals surface area contributed by atoms with E-state index in [-0.39, 0.29) is 5.91 Å². The zero-order valence-electron chi connectivity index (χ0n) is 11.4. The third-order valence-electron chi connectivity index (χ3n) is 3.24. The number of rotatable bonds is 6. The number of allylic oxidation sites excluding steroid dienone is 2.